The first kappa shape index (κ1) is 15.2. The van der Waals surface area contributed by atoms with Crippen molar-refractivity contribution >= 4 is 12.9 Å². The van der Waals surface area contributed by atoms with Crippen LogP contribution in [-0.2, 0) is 4.57 Å². The lowest BCUT2D eigenvalue weighted by atomic mass is 9.91. The summed E-state index contributed by atoms with van der Waals surface area (Å²) in [4.78, 5) is 10.3. The van der Waals surface area contributed by atoms with E-state index in [4.69, 9.17) is 4.52 Å². The molecule has 120 valence electrons. The highest BCUT2D eigenvalue weighted by Gasteiger charge is 2.34. The predicted molar refractivity (Wildman–Crippen MR) is 95.9 cm³/mol. The molecule has 2 unspecified atom stereocenters. The average Bonchev–Trinajstić information content (AvgIpc) is 2.61. The van der Waals surface area contributed by atoms with Gasteiger partial charge in [-0.05, 0) is 23.3 Å². The van der Waals surface area contributed by atoms with Gasteiger partial charge in [0.2, 0.25) is 0 Å². The van der Waals surface area contributed by atoms with Crippen molar-refractivity contribution in [3.05, 3.63) is 83.9 Å². The van der Waals surface area contributed by atoms with Crippen molar-refractivity contribution in [2.24, 2.45) is 0 Å². The number of fused-ring (bicyclic) bond motifs is 3. The lowest BCUT2D eigenvalue weighted by Crippen LogP contribution is -2.17. The van der Waals surface area contributed by atoms with E-state index in [1.54, 1.807) is 12.1 Å². The number of rotatable bonds is 2. The van der Waals surface area contributed by atoms with Gasteiger partial charge >= 0.3 is 7.60 Å². The van der Waals surface area contributed by atoms with Gasteiger partial charge in [-0.3, -0.25) is 0 Å². The average molecular weight is 336 g/mol. The van der Waals surface area contributed by atoms with Crippen LogP contribution in [-0.4, -0.2) is 4.89 Å². The Morgan fingerprint density at radius 1 is 0.875 bits per heavy atom. The Labute approximate surface area is 141 Å². The summed E-state index contributed by atoms with van der Waals surface area (Å²) < 4.78 is 18.0. The van der Waals surface area contributed by atoms with E-state index in [0.29, 0.717) is 11.1 Å². The molecule has 24 heavy (non-hydrogen) atoms. The first-order valence-electron chi connectivity index (χ1n) is 7.87. The quantitative estimate of drug-likeness (QED) is 0.690. The summed E-state index contributed by atoms with van der Waals surface area (Å²) in [6.07, 6.45) is 0. The van der Waals surface area contributed by atoms with Crippen LogP contribution in [0.25, 0.3) is 11.1 Å². The molecular formula is C20H17O3P. The fraction of sp³-hybridized carbons (Fsp3) is 0.100. The van der Waals surface area contributed by atoms with E-state index >= 15 is 0 Å². The van der Waals surface area contributed by atoms with Gasteiger partial charge < -0.3 is 9.42 Å². The van der Waals surface area contributed by atoms with E-state index in [-0.39, 0.29) is 5.92 Å². The van der Waals surface area contributed by atoms with E-state index in [1.807, 2.05) is 42.5 Å². The van der Waals surface area contributed by atoms with Crippen LogP contribution in [0.4, 0.5) is 0 Å². The van der Waals surface area contributed by atoms with E-state index in [1.165, 1.54) is 5.56 Å². The SMILES string of the molecule is CC(c1ccccc1)c1ccc2c(c1)OP(=O)(O)c1ccccc1-2. The fourth-order valence-electron chi connectivity index (χ4n) is 3.17. The molecule has 3 aromatic rings. The number of hydrogen-bond acceptors (Lipinski definition) is 2. The molecule has 0 bridgehead atoms. The Bertz CT molecular complexity index is 950. The van der Waals surface area contributed by atoms with Gasteiger partial charge in [-0.1, -0.05) is 67.6 Å². The van der Waals surface area contributed by atoms with Crippen LogP contribution in [0.2, 0.25) is 0 Å². The van der Waals surface area contributed by atoms with Crippen molar-refractivity contribution in [3.63, 3.8) is 0 Å². The molecule has 4 rings (SSSR count). The molecule has 0 spiro atoms. The van der Waals surface area contributed by atoms with Crippen molar-refractivity contribution in [1.29, 1.82) is 0 Å². The van der Waals surface area contributed by atoms with Crippen molar-refractivity contribution in [2.75, 3.05) is 0 Å². The van der Waals surface area contributed by atoms with Crippen LogP contribution in [0.3, 0.4) is 0 Å². The molecule has 0 radical (unpaired) electrons. The molecule has 1 heterocycles. The second-order valence-electron chi connectivity index (χ2n) is 6.02. The Kier molecular flexibility index (Phi) is 3.56. The Morgan fingerprint density at radius 2 is 1.58 bits per heavy atom. The van der Waals surface area contributed by atoms with Crippen LogP contribution >= 0.6 is 7.60 Å². The predicted octanol–water partition coefficient (Wildman–Crippen LogP) is 4.71. The first-order chi connectivity index (χ1) is 11.6. The van der Waals surface area contributed by atoms with Crippen LogP contribution in [0, 0.1) is 0 Å². The topological polar surface area (TPSA) is 46.5 Å². The lowest BCUT2D eigenvalue weighted by Gasteiger charge is -2.25. The van der Waals surface area contributed by atoms with E-state index in [2.05, 4.69) is 25.1 Å². The zero-order valence-corrected chi connectivity index (χ0v) is 14.1. The molecule has 0 aromatic heterocycles. The third-order valence-electron chi connectivity index (χ3n) is 4.53. The Balaban J connectivity index is 1.82. The third kappa shape index (κ3) is 2.47. The largest absolute Gasteiger partial charge is 0.421 e. The maximum Gasteiger partial charge on any atom is 0.408 e. The summed E-state index contributed by atoms with van der Waals surface area (Å²) in [5, 5.41) is 0.362. The van der Waals surface area contributed by atoms with E-state index in [0.717, 1.165) is 16.7 Å². The first-order valence-corrected chi connectivity index (χ1v) is 9.45. The highest BCUT2D eigenvalue weighted by atomic mass is 31.2. The zero-order chi connectivity index (χ0) is 16.7. The van der Waals surface area contributed by atoms with Gasteiger partial charge in [0.25, 0.3) is 0 Å². The van der Waals surface area contributed by atoms with Gasteiger partial charge in [-0.2, -0.15) is 0 Å². The minimum atomic E-state index is -3.83. The summed E-state index contributed by atoms with van der Waals surface area (Å²) in [5.41, 5.74) is 3.87. The van der Waals surface area contributed by atoms with Gasteiger partial charge in [0.1, 0.15) is 5.75 Å². The molecule has 0 saturated carbocycles. The fourth-order valence-corrected chi connectivity index (χ4v) is 4.46. The van der Waals surface area contributed by atoms with Gasteiger partial charge in [0.05, 0.1) is 5.30 Å². The molecule has 0 amide bonds. The zero-order valence-electron chi connectivity index (χ0n) is 13.2. The van der Waals surface area contributed by atoms with Gasteiger partial charge in [0.15, 0.2) is 0 Å². The molecule has 0 fully saturated rings. The van der Waals surface area contributed by atoms with Crippen LogP contribution in [0.1, 0.15) is 24.0 Å². The van der Waals surface area contributed by atoms with Crippen molar-refractivity contribution in [2.45, 2.75) is 12.8 Å². The van der Waals surface area contributed by atoms with E-state index in [9.17, 15) is 9.46 Å². The number of benzene rings is 3. The summed E-state index contributed by atoms with van der Waals surface area (Å²) >= 11 is 0. The standard InChI is InChI=1S/C20H17O3P/c1-14(15-7-3-2-4-8-15)16-11-12-17-18-9-5-6-10-20(18)24(21,22)23-19(17)13-16/h2-14H,1H3,(H,21,22). The van der Waals surface area contributed by atoms with E-state index < -0.39 is 7.60 Å². The summed E-state index contributed by atoms with van der Waals surface area (Å²) in [6.45, 7) is 2.12. The summed E-state index contributed by atoms with van der Waals surface area (Å²) in [6, 6.07) is 23.2. The smallest absolute Gasteiger partial charge is 0.408 e. The summed E-state index contributed by atoms with van der Waals surface area (Å²) in [7, 11) is -3.83. The second kappa shape index (κ2) is 5.62. The molecule has 1 N–H and O–H groups in total. The van der Waals surface area contributed by atoms with Gasteiger partial charge in [-0.15, -0.1) is 0 Å². The highest BCUT2D eigenvalue weighted by Crippen LogP contribution is 2.52. The minimum absolute atomic E-state index is 0.176. The van der Waals surface area contributed by atoms with Crippen LogP contribution < -0.4 is 9.83 Å². The molecule has 0 aliphatic carbocycles. The Morgan fingerprint density at radius 3 is 2.38 bits per heavy atom. The molecule has 3 nitrogen and oxygen atoms in total. The van der Waals surface area contributed by atoms with Crippen LogP contribution in [0.5, 0.6) is 5.75 Å². The van der Waals surface area contributed by atoms with Gasteiger partial charge in [0, 0.05) is 17.0 Å². The molecule has 0 saturated heterocycles. The summed E-state index contributed by atoms with van der Waals surface area (Å²) in [5.74, 6) is 0.648. The lowest BCUT2D eigenvalue weighted by molar-refractivity contribution is 0.392. The normalized spacial score (nSPS) is 19.8. The highest BCUT2D eigenvalue weighted by molar-refractivity contribution is 7.62. The molecular weight excluding hydrogens is 319 g/mol. The second-order valence-corrected chi connectivity index (χ2v) is 7.72. The van der Waals surface area contributed by atoms with Crippen LogP contribution in [0.15, 0.2) is 72.8 Å². The molecule has 2 atom stereocenters. The molecule has 3 aromatic carbocycles. The van der Waals surface area contributed by atoms with Gasteiger partial charge in [-0.25, -0.2) is 4.57 Å². The molecule has 1 aliphatic rings. The van der Waals surface area contributed by atoms with Crippen molar-refractivity contribution in [1.82, 2.24) is 0 Å². The number of hydrogen-bond donors (Lipinski definition) is 1. The van der Waals surface area contributed by atoms with Crippen molar-refractivity contribution in [3.8, 4) is 16.9 Å². The molecule has 4 heteroatoms. The minimum Gasteiger partial charge on any atom is -0.421 e. The maximum atomic E-state index is 12.5. The third-order valence-corrected chi connectivity index (χ3v) is 5.97. The molecule has 1 aliphatic heterocycles. The monoisotopic (exact) mass is 336 g/mol. The Hall–Kier alpha value is -2.35. The van der Waals surface area contributed by atoms with Crippen molar-refractivity contribution < 1.29 is 14.0 Å². The maximum absolute atomic E-state index is 12.5.